The molecule has 2 nitrogen and oxygen atoms in total. The molecule has 3 atom stereocenters. The number of hydrogen-bond donors (Lipinski definition) is 1. The summed E-state index contributed by atoms with van der Waals surface area (Å²) in [6.07, 6.45) is 7.48. The highest BCUT2D eigenvalue weighted by Crippen LogP contribution is 2.35. The Kier molecular flexibility index (Phi) is 3.29. The summed E-state index contributed by atoms with van der Waals surface area (Å²) in [7, 11) is 0. The van der Waals surface area contributed by atoms with Gasteiger partial charge in [-0.1, -0.05) is 18.2 Å². The molecule has 0 saturated heterocycles. The van der Waals surface area contributed by atoms with Crippen LogP contribution in [0.5, 0.6) is 0 Å². The van der Waals surface area contributed by atoms with Crippen LogP contribution in [0.25, 0.3) is 0 Å². The molecule has 98 valence electrons. The number of para-hydroxylation sites is 1. The Hall–Kier alpha value is -1.02. The fraction of sp³-hybridized carbons (Fsp3) is 0.625. The minimum atomic E-state index is 0.407. The van der Waals surface area contributed by atoms with E-state index in [0.717, 1.165) is 0 Å². The lowest BCUT2D eigenvalue weighted by Crippen LogP contribution is -2.49. The predicted octanol–water partition coefficient (Wildman–Crippen LogP) is 3.10. The number of nitrogens with two attached hydrogens (primary N) is 1. The number of hydrogen-bond acceptors (Lipinski definition) is 2. The molecule has 1 aliphatic heterocycles. The second-order valence-electron chi connectivity index (χ2n) is 6.00. The summed E-state index contributed by atoms with van der Waals surface area (Å²) in [4.78, 5) is 2.66. The number of fused-ring (bicyclic) bond motifs is 1. The zero-order valence-electron chi connectivity index (χ0n) is 11.3. The van der Waals surface area contributed by atoms with E-state index in [9.17, 15) is 0 Å². The third kappa shape index (κ3) is 2.14. The third-order valence-corrected chi connectivity index (χ3v) is 4.66. The molecule has 3 rings (SSSR count). The number of aryl methyl sites for hydroxylation is 1. The molecular formula is C16H24N2. The lowest BCUT2D eigenvalue weighted by molar-refractivity contribution is 0.347. The quantitative estimate of drug-likeness (QED) is 0.822. The second-order valence-corrected chi connectivity index (χ2v) is 6.00. The third-order valence-electron chi connectivity index (χ3n) is 4.66. The predicted molar refractivity (Wildman–Crippen MR) is 76.9 cm³/mol. The van der Waals surface area contributed by atoms with Crippen molar-refractivity contribution < 1.29 is 0 Å². The van der Waals surface area contributed by atoms with E-state index >= 15 is 0 Å². The molecular weight excluding hydrogens is 220 g/mol. The van der Waals surface area contributed by atoms with Crippen molar-refractivity contribution in [3.8, 4) is 0 Å². The topological polar surface area (TPSA) is 29.3 Å². The van der Waals surface area contributed by atoms with E-state index in [0.29, 0.717) is 18.1 Å². The van der Waals surface area contributed by atoms with Crippen LogP contribution in [-0.4, -0.2) is 18.1 Å². The highest BCUT2D eigenvalue weighted by atomic mass is 15.2. The lowest BCUT2D eigenvalue weighted by atomic mass is 9.86. The van der Waals surface area contributed by atoms with Crippen molar-refractivity contribution in [3.63, 3.8) is 0 Å². The first-order valence-electron chi connectivity index (χ1n) is 7.37. The van der Waals surface area contributed by atoms with Crippen LogP contribution in [0, 0.1) is 0 Å². The monoisotopic (exact) mass is 244 g/mol. The van der Waals surface area contributed by atoms with Gasteiger partial charge in [0.2, 0.25) is 0 Å². The average Bonchev–Trinajstić information content (AvgIpc) is 2.38. The Labute approximate surface area is 110 Å². The number of rotatable bonds is 1. The fourth-order valence-corrected chi connectivity index (χ4v) is 3.73. The number of anilines is 1. The highest BCUT2D eigenvalue weighted by molar-refractivity contribution is 5.57. The maximum atomic E-state index is 6.17. The Morgan fingerprint density at radius 2 is 2.00 bits per heavy atom. The van der Waals surface area contributed by atoms with Crippen LogP contribution >= 0.6 is 0 Å². The lowest BCUT2D eigenvalue weighted by Gasteiger charge is -2.45. The molecule has 3 unspecified atom stereocenters. The van der Waals surface area contributed by atoms with Crippen LogP contribution in [0.1, 0.15) is 44.6 Å². The van der Waals surface area contributed by atoms with E-state index in [2.05, 4.69) is 36.1 Å². The van der Waals surface area contributed by atoms with Gasteiger partial charge < -0.3 is 10.6 Å². The summed E-state index contributed by atoms with van der Waals surface area (Å²) < 4.78 is 0. The maximum absolute atomic E-state index is 6.17. The van der Waals surface area contributed by atoms with Gasteiger partial charge in [-0.3, -0.25) is 0 Å². The fourth-order valence-electron chi connectivity index (χ4n) is 3.73. The van der Waals surface area contributed by atoms with Gasteiger partial charge in [0.15, 0.2) is 0 Å². The van der Waals surface area contributed by atoms with Crippen LogP contribution in [0.3, 0.4) is 0 Å². The molecule has 2 aliphatic rings. The van der Waals surface area contributed by atoms with Gasteiger partial charge in [-0.25, -0.2) is 0 Å². The first kappa shape index (κ1) is 12.0. The first-order valence-corrected chi connectivity index (χ1v) is 7.37. The zero-order chi connectivity index (χ0) is 12.5. The largest absolute Gasteiger partial charge is 0.366 e. The van der Waals surface area contributed by atoms with E-state index in [1.807, 2.05) is 0 Å². The van der Waals surface area contributed by atoms with Gasteiger partial charge in [0.1, 0.15) is 0 Å². The molecule has 1 saturated carbocycles. The Morgan fingerprint density at radius 1 is 1.17 bits per heavy atom. The van der Waals surface area contributed by atoms with Gasteiger partial charge in [0, 0.05) is 23.8 Å². The molecule has 1 heterocycles. The van der Waals surface area contributed by atoms with Gasteiger partial charge in [-0.05, 0) is 57.1 Å². The molecule has 2 N–H and O–H groups in total. The van der Waals surface area contributed by atoms with E-state index < -0.39 is 0 Å². The number of benzene rings is 1. The molecule has 0 spiro atoms. The standard InChI is InChI=1S/C16H24N2/c1-12-9-10-13-5-2-3-8-16(13)18(12)15-7-4-6-14(17)11-15/h2-3,5,8,12,14-15H,4,6-7,9-11,17H2,1H3. The minimum Gasteiger partial charge on any atom is -0.366 e. The van der Waals surface area contributed by atoms with Crippen LogP contribution < -0.4 is 10.6 Å². The van der Waals surface area contributed by atoms with Crippen molar-refractivity contribution >= 4 is 5.69 Å². The molecule has 0 aromatic heterocycles. The van der Waals surface area contributed by atoms with E-state index in [1.54, 1.807) is 0 Å². The van der Waals surface area contributed by atoms with Gasteiger partial charge in [0.05, 0.1) is 0 Å². The minimum absolute atomic E-state index is 0.407. The summed E-state index contributed by atoms with van der Waals surface area (Å²) in [6, 6.07) is 10.7. The van der Waals surface area contributed by atoms with Gasteiger partial charge in [0.25, 0.3) is 0 Å². The SMILES string of the molecule is CC1CCc2ccccc2N1C1CCCC(N)C1. The van der Waals surface area contributed by atoms with Crippen molar-refractivity contribution in [3.05, 3.63) is 29.8 Å². The van der Waals surface area contributed by atoms with Crippen molar-refractivity contribution in [2.45, 2.75) is 63.6 Å². The van der Waals surface area contributed by atoms with Gasteiger partial charge in [-0.2, -0.15) is 0 Å². The van der Waals surface area contributed by atoms with Crippen LogP contribution in [0.15, 0.2) is 24.3 Å². The van der Waals surface area contributed by atoms with Gasteiger partial charge in [-0.15, -0.1) is 0 Å². The molecule has 18 heavy (non-hydrogen) atoms. The molecule has 0 amide bonds. The summed E-state index contributed by atoms with van der Waals surface area (Å²) in [5.74, 6) is 0. The normalized spacial score (nSPS) is 32.1. The first-order chi connectivity index (χ1) is 8.75. The molecule has 2 heteroatoms. The van der Waals surface area contributed by atoms with Crippen LogP contribution in [0.2, 0.25) is 0 Å². The Bertz CT molecular complexity index is 415. The maximum Gasteiger partial charge on any atom is 0.0403 e. The molecule has 1 aromatic carbocycles. The molecule has 1 aromatic rings. The smallest absolute Gasteiger partial charge is 0.0403 e. The zero-order valence-corrected chi connectivity index (χ0v) is 11.3. The molecule has 1 fully saturated rings. The molecule has 0 radical (unpaired) electrons. The summed E-state index contributed by atoms with van der Waals surface area (Å²) in [5.41, 5.74) is 9.16. The summed E-state index contributed by atoms with van der Waals surface area (Å²) in [6.45, 7) is 2.37. The summed E-state index contributed by atoms with van der Waals surface area (Å²) in [5, 5.41) is 0. The van der Waals surface area contributed by atoms with E-state index in [1.165, 1.54) is 49.8 Å². The van der Waals surface area contributed by atoms with E-state index in [4.69, 9.17) is 5.73 Å². The summed E-state index contributed by atoms with van der Waals surface area (Å²) >= 11 is 0. The second kappa shape index (κ2) is 4.93. The average molecular weight is 244 g/mol. The van der Waals surface area contributed by atoms with Crippen molar-refractivity contribution in [2.24, 2.45) is 5.73 Å². The van der Waals surface area contributed by atoms with Crippen molar-refractivity contribution in [1.29, 1.82) is 0 Å². The highest BCUT2D eigenvalue weighted by Gasteiger charge is 2.31. The van der Waals surface area contributed by atoms with Crippen molar-refractivity contribution in [2.75, 3.05) is 4.90 Å². The van der Waals surface area contributed by atoms with E-state index in [-0.39, 0.29) is 0 Å². The Morgan fingerprint density at radius 3 is 2.83 bits per heavy atom. The number of nitrogens with zero attached hydrogens (tertiary/aromatic N) is 1. The van der Waals surface area contributed by atoms with Crippen LogP contribution in [0.4, 0.5) is 5.69 Å². The van der Waals surface area contributed by atoms with Crippen molar-refractivity contribution in [1.82, 2.24) is 0 Å². The Balaban J connectivity index is 1.90. The van der Waals surface area contributed by atoms with Crippen LogP contribution in [-0.2, 0) is 6.42 Å². The molecule has 1 aliphatic carbocycles. The van der Waals surface area contributed by atoms with Gasteiger partial charge >= 0.3 is 0 Å². The molecule has 0 bridgehead atoms.